The van der Waals surface area contributed by atoms with Crippen molar-refractivity contribution in [2.24, 2.45) is 0 Å². The highest BCUT2D eigenvalue weighted by atomic mass is 32.1. The maximum Gasteiger partial charge on any atom is 0.171 e. The Balaban J connectivity index is 1.57. The molecule has 122 valence electrons. The first kappa shape index (κ1) is 16.6. The van der Waals surface area contributed by atoms with E-state index in [2.05, 4.69) is 58.3 Å². The summed E-state index contributed by atoms with van der Waals surface area (Å²) in [6.07, 6.45) is 0. The first-order valence-corrected chi connectivity index (χ1v) is 9.02. The lowest BCUT2D eigenvalue weighted by Crippen LogP contribution is -2.28. The molecule has 0 atom stereocenters. The van der Waals surface area contributed by atoms with Crippen molar-refractivity contribution in [2.75, 3.05) is 5.32 Å². The molecule has 3 aromatic rings. The van der Waals surface area contributed by atoms with Crippen LogP contribution in [0.4, 0.5) is 5.69 Å². The third-order valence-electron chi connectivity index (χ3n) is 3.72. The molecule has 0 saturated carbocycles. The third-order valence-corrected chi connectivity index (χ3v) is 4.73. The molecule has 0 aliphatic carbocycles. The van der Waals surface area contributed by atoms with Crippen molar-refractivity contribution in [3.8, 4) is 11.3 Å². The van der Waals surface area contributed by atoms with E-state index in [-0.39, 0.29) is 0 Å². The van der Waals surface area contributed by atoms with Gasteiger partial charge in [0, 0.05) is 23.2 Å². The molecule has 0 aliphatic rings. The van der Waals surface area contributed by atoms with Crippen molar-refractivity contribution in [3.63, 3.8) is 0 Å². The van der Waals surface area contributed by atoms with Crippen molar-refractivity contribution >= 4 is 34.4 Å². The Kier molecular flexibility index (Phi) is 5.23. The van der Waals surface area contributed by atoms with E-state index in [1.807, 2.05) is 25.1 Å². The Morgan fingerprint density at radius 3 is 2.50 bits per heavy atom. The van der Waals surface area contributed by atoms with Gasteiger partial charge in [0.25, 0.3) is 0 Å². The molecule has 0 aliphatic heterocycles. The molecule has 0 saturated heterocycles. The molecule has 5 heteroatoms. The highest BCUT2D eigenvalue weighted by molar-refractivity contribution is 7.80. The van der Waals surface area contributed by atoms with E-state index >= 15 is 0 Å². The van der Waals surface area contributed by atoms with Gasteiger partial charge in [-0.3, -0.25) is 0 Å². The third kappa shape index (κ3) is 4.19. The van der Waals surface area contributed by atoms with E-state index in [1.165, 1.54) is 11.1 Å². The Morgan fingerprint density at radius 2 is 1.83 bits per heavy atom. The van der Waals surface area contributed by atoms with Crippen LogP contribution < -0.4 is 10.6 Å². The monoisotopic (exact) mass is 353 g/mol. The molecule has 1 heterocycles. The molecule has 0 bridgehead atoms. The number of nitrogens with zero attached hydrogens (tertiary/aromatic N) is 1. The summed E-state index contributed by atoms with van der Waals surface area (Å²) in [4.78, 5) is 4.51. The quantitative estimate of drug-likeness (QED) is 0.653. The van der Waals surface area contributed by atoms with Crippen LogP contribution in [0.3, 0.4) is 0 Å². The van der Waals surface area contributed by atoms with Crippen LogP contribution in [-0.2, 0) is 6.54 Å². The van der Waals surface area contributed by atoms with Crippen LogP contribution in [0.15, 0.2) is 53.9 Å². The molecule has 0 radical (unpaired) electrons. The molecule has 2 aromatic carbocycles. The van der Waals surface area contributed by atoms with Crippen LogP contribution >= 0.6 is 23.6 Å². The van der Waals surface area contributed by atoms with Crippen molar-refractivity contribution < 1.29 is 0 Å². The second kappa shape index (κ2) is 7.55. The number of benzene rings is 2. The van der Waals surface area contributed by atoms with Crippen LogP contribution in [0.25, 0.3) is 11.3 Å². The van der Waals surface area contributed by atoms with E-state index in [4.69, 9.17) is 12.2 Å². The van der Waals surface area contributed by atoms with Gasteiger partial charge in [-0.05, 0) is 43.3 Å². The number of hydrogen-bond donors (Lipinski definition) is 2. The minimum absolute atomic E-state index is 0.628. The summed E-state index contributed by atoms with van der Waals surface area (Å²) in [5.74, 6) is 0. The molecule has 3 nitrogen and oxygen atoms in total. The molecule has 0 spiro atoms. The summed E-state index contributed by atoms with van der Waals surface area (Å²) in [5.41, 5.74) is 5.56. The van der Waals surface area contributed by atoms with Gasteiger partial charge < -0.3 is 10.6 Å². The largest absolute Gasteiger partial charge is 0.358 e. The second-order valence-corrected chi connectivity index (χ2v) is 7.04. The number of aromatic nitrogens is 1. The predicted molar refractivity (Wildman–Crippen MR) is 107 cm³/mol. The van der Waals surface area contributed by atoms with Crippen molar-refractivity contribution in [2.45, 2.75) is 20.4 Å². The molecule has 0 fully saturated rings. The molecule has 3 rings (SSSR count). The average molecular weight is 354 g/mol. The van der Waals surface area contributed by atoms with E-state index in [0.717, 1.165) is 22.0 Å². The average Bonchev–Trinajstić information content (AvgIpc) is 3.02. The SMILES string of the molecule is Cc1nc(-c2ccc(CNC(=S)Nc3ccccc3C)cc2)cs1. The van der Waals surface area contributed by atoms with Crippen LogP contribution in [0, 0.1) is 13.8 Å². The molecule has 2 N–H and O–H groups in total. The Bertz CT molecular complexity index is 838. The summed E-state index contributed by atoms with van der Waals surface area (Å²) >= 11 is 7.04. The Hall–Kier alpha value is -2.24. The number of thiazole rings is 1. The van der Waals surface area contributed by atoms with Crippen molar-refractivity contribution in [1.29, 1.82) is 0 Å². The molecule has 0 amide bonds. The molecular formula is C19H19N3S2. The van der Waals surface area contributed by atoms with Gasteiger partial charge in [0.1, 0.15) is 0 Å². The van der Waals surface area contributed by atoms with Gasteiger partial charge in [-0.15, -0.1) is 11.3 Å². The fraction of sp³-hybridized carbons (Fsp3) is 0.158. The first-order chi connectivity index (χ1) is 11.6. The summed E-state index contributed by atoms with van der Waals surface area (Å²) in [6.45, 7) is 4.77. The number of hydrogen-bond acceptors (Lipinski definition) is 3. The van der Waals surface area contributed by atoms with Gasteiger partial charge >= 0.3 is 0 Å². The van der Waals surface area contributed by atoms with Crippen LogP contribution in [-0.4, -0.2) is 10.1 Å². The Morgan fingerprint density at radius 1 is 1.08 bits per heavy atom. The number of aryl methyl sites for hydroxylation is 2. The molecule has 24 heavy (non-hydrogen) atoms. The molecular weight excluding hydrogens is 334 g/mol. The van der Waals surface area contributed by atoms with Gasteiger partial charge in [0.05, 0.1) is 10.7 Å². The summed E-state index contributed by atoms with van der Waals surface area (Å²) < 4.78 is 0. The van der Waals surface area contributed by atoms with E-state index in [9.17, 15) is 0 Å². The van der Waals surface area contributed by atoms with Crippen LogP contribution in [0.5, 0.6) is 0 Å². The maximum absolute atomic E-state index is 5.37. The fourth-order valence-corrected chi connectivity index (χ4v) is 3.16. The lowest BCUT2D eigenvalue weighted by atomic mass is 10.1. The standard InChI is InChI=1S/C19H19N3S2/c1-13-5-3-4-6-17(13)22-19(23)20-11-15-7-9-16(10-8-15)18-12-24-14(2)21-18/h3-10,12H,11H2,1-2H3,(H2,20,22,23). The van der Waals surface area contributed by atoms with Crippen LogP contribution in [0.1, 0.15) is 16.1 Å². The van der Waals surface area contributed by atoms with E-state index in [0.29, 0.717) is 11.7 Å². The summed E-state index contributed by atoms with van der Waals surface area (Å²) in [5, 5.41) is 10.3. The smallest absolute Gasteiger partial charge is 0.171 e. The number of rotatable bonds is 4. The topological polar surface area (TPSA) is 37.0 Å². The highest BCUT2D eigenvalue weighted by Gasteiger charge is 2.03. The fourth-order valence-electron chi connectivity index (χ4n) is 2.35. The predicted octanol–water partition coefficient (Wildman–Crippen LogP) is 4.91. The zero-order valence-electron chi connectivity index (χ0n) is 13.7. The molecule has 0 unspecified atom stereocenters. The molecule has 1 aromatic heterocycles. The Labute approximate surface area is 151 Å². The zero-order valence-corrected chi connectivity index (χ0v) is 15.3. The lowest BCUT2D eigenvalue weighted by Gasteiger charge is -2.12. The summed E-state index contributed by atoms with van der Waals surface area (Å²) in [7, 11) is 0. The van der Waals surface area contributed by atoms with E-state index < -0.39 is 0 Å². The number of thiocarbonyl (C=S) groups is 1. The lowest BCUT2D eigenvalue weighted by molar-refractivity contribution is 0.926. The van der Waals surface area contributed by atoms with Crippen molar-refractivity contribution in [3.05, 3.63) is 70.0 Å². The maximum atomic E-state index is 5.37. The van der Waals surface area contributed by atoms with Gasteiger partial charge in [0.2, 0.25) is 0 Å². The van der Waals surface area contributed by atoms with Gasteiger partial charge in [-0.25, -0.2) is 4.98 Å². The van der Waals surface area contributed by atoms with Gasteiger partial charge in [-0.2, -0.15) is 0 Å². The van der Waals surface area contributed by atoms with Gasteiger partial charge in [0.15, 0.2) is 5.11 Å². The number of nitrogens with one attached hydrogen (secondary N) is 2. The van der Waals surface area contributed by atoms with E-state index in [1.54, 1.807) is 11.3 Å². The second-order valence-electron chi connectivity index (χ2n) is 5.57. The zero-order chi connectivity index (χ0) is 16.9. The van der Waals surface area contributed by atoms with Crippen LogP contribution in [0.2, 0.25) is 0 Å². The highest BCUT2D eigenvalue weighted by Crippen LogP contribution is 2.21. The number of anilines is 1. The first-order valence-electron chi connectivity index (χ1n) is 7.74. The number of para-hydroxylation sites is 1. The minimum Gasteiger partial charge on any atom is -0.358 e. The normalized spacial score (nSPS) is 10.4. The van der Waals surface area contributed by atoms with Gasteiger partial charge in [-0.1, -0.05) is 42.5 Å². The minimum atomic E-state index is 0.628. The van der Waals surface area contributed by atoms with Crippen molar-refractivity contribution in [1.82, 2.24) is 10.3 Å². The summed E-state index contributed by atoms with van der Waals surface area (Å²) in [6, 6.07) is 16.5.